The Kier molecular flexibility index (Phi) is 10.9. The Bertz CT molecular complexity index is 659. The normalized spacial score (nSPS) is 16.3. The van der Waals surface area contributed by atoms with Crippen LogP contribution in [0, 0.1) is 0 Å². The van der Waals surface area contributed by atoms with Crippen molar-refractivity contribution < 1.29 is 8.42 Å². The zero-order chi connectivity index (χ0) is 19.0. The number of sulfonamides is 1. The maximum atomic E-state index is 11.7. The van der Waals surface area contributed by atoms with Gasteiger partial charge in [0.2, 0.25) is 10.0 Å². The van der Waals surface area contributed by atoms with Gasteiger partial charge in [-0.3, -0.25) is 4.99 Å². The highest BCUT2D eigenvalue weighted by atomic mass is 127. The van der Waals surface area contributed by atoms with Gasteiger partial charge in [-0.25, -0.2) is 12.7 Å². The van der Waals surface area contributed by atoms with Crippen molar-refractivity contribution in [2.24, 2.45) is 4.99 Å². The first-order valence-electron chi connectivity index (χ1n) is 9.16. The molecule has 10 heteroatoms. The summed E-state index contributed by atoms with van der Waals surface area (Å²) < 4.78 is 24.9. The van der Waals surface area contributed by atoms with Crippen molar-refractivity contribution in [2.45, 2.75) is 32.2 Å². The molecular formula is C17H32IN5O2S2. The minimum absolute atomic E-state index is 0. The van der Waals surface area contributed by atoms with E-state index in [-0.39, 0.29) is 29.7 Å². The first-order chi connectivity index (χ1) is 12.5. The van der Waals surface area contributed by atoms with Gasteiger partial charge in [-0.05, 0) is 43.7 Å². The number of anilines is 1. The SMILES string of the molecule is CCS(=O)(=O)N(C)CCCNC(=NC)NC1CCN(c2cccs2)CC1.I. The molecular weight excluding hydrogens is 497 g/mol. The average molecular weight is 530 g/mol. The molecule has 1 aromatic heterocycles. The van der Waals surface area contributed by atoms with E-state index in [1.165, 1.54) is 9.31 Å². The Morgan fingerprint density at radius 1 is 1.41 bits per heavy atom. The molecule has 1 aliphatic rings. The lowest BCUT2D eigenvalue weighted by Gasteiger charge is -2.33. The van der Waals surface area contributed by atoms with Crippen LogP contribution in [0.15, 0.2) is 22.5 Å². The largest absolute Gasteiger partial charge is 0.363 e. The molecule has 0 atom stereocenters. The summed E-state index contributed by atoms with van der Waals surface area (Å²) in [4.78, 5) is 6.72. The molecule has 0 spiro atoms. The first-order valence-corrected chi connectivity index (χ1v) is 11.6. The van der Waals surface area contributed by atoms with Crippen LogP contribution in [0.5, 0.6) is 0 Å². The topological polar surface area (TPSA) is 77.0 Å². The van der Waals surface area contributed by atoms with Crippen LogP contribution in [-0.2, 0) is 10.0 Å². The number of nitrogens with one attached hydrogen (secondary N) is 2. The van der Waals surface area contributed by atoms with Crippen molar-refractivity contribution in [2.75, 3.05) is 50.9 Å². The quantitative estimate of drug-likeness (QED) is 0.234. The van der Waals surface area contributed by atoms with E-state index in [0.717, 1.165) is 38.3 Å². The molecule has 1 fully saturated rings. The number of guanidine groups is 1. The van der Waals surface area contributed by atoms with Gasteiger partial charge in [-0.2, -0.15) is 0 Å². The second-order valence-electron chi connectivity index (χ2n) is 6.43. The van der Waals surface area contributed by atoms with Gasteiger partial charge in [0, 0.05) is 46.3 Å². The molecule has 0 amide bonds. The van der Waals surface area contributed by atoms with Crippen molar-refractivity contribution in [3.63, 3.8) is 0 Å². The van der Waals surface area contributed by atoms with E-state index in [9.17, 15) is 8.42 Å². The summed E-state index contributed by atoms with van der Waals surface area (Å²) in [6.45, 7) is 4.97. The van der Waals surface area contributed by atoms with Gasteiger partial charge in [-0.15, -0.1) is 35.3 Å². The predicted octanol–water partition coefficient (Wildman–Crippen LogP) is 2.17. The third-order valence-electron chi connectivity index (χ3n) is 4.66. The average Bonchev–Trinajstić information content (AvgIpc) is 3.19. The molecule has 2 rings (SSSR count). The fourth-order valence-electron chi connectivity index (χ4n) is 2.95. The third kappa shape index (κ3) is 7.74. The second kappa shape index (κ2) is 12.1. The predicted molar refractivity (Wildman–Crippen MR) is 126 cm³/mol. The van der Waals surface area contributed by atoms with Gasteiger partial charge in [0.05, 0.1) is 10.8 Å². The number of piperidine rings is 1. The highest BCUT2D eigenvalue weighted by molar-refractivity contribution is 14.0. The van der Waals surface area contributed by atoms with Gasteiger partial charge in [0.15, 0.2) is 5.96 Å². The van der Waals surface area contributed by atoms with E-state index in [1.54, 1.807) is 32.4 Å². The molecule has 0 bridgehead atoms. The number of rotatable bonds is 8. The molecule has 1 saturated heterocycles. The summed E-state index contributed by atoms with van der Waals surface area (Å²) in [6.07, 6.45) is 2.90. The fraction of sp³-hybridized carbons (Fsp3) is 0.706. The molecule has 1 aliphatic heterocycles. The smallest absolute Gasteiger partial charge is 0.213 e. The number of hydrogen-bond acceptors (Lipinski definition) is 5. The number of aliphatic imine (C=N–C) groups is 1. The van der Waals surface area contributed by atoms with Crippen molar-refractivity contribution in [1.29, 1.82) is 0 Å². The lowest BCUT2D eigenvalue weighted by atomic mass is 10.1. The van der Waals surface area contributed by atoms with Crippen molar-refractivity contribution in [1.82, 2.24) is 14.9 Å². The lowest BCUT2D eigenvalue weighted by Crippen LogP contribution is -2.49. The Labute approximate surface area is 184 Å². The summed E-state index contributed by atoms with van der Waals surface area (Å²) in [5.74, 6) is 0.935. The van der Waals surface area contributed by atoms with Crippen LogP contribution in [0.4, 0.5) is 5.00 Å². The molecule has 1 aromatic rings. The number of nitrogens with zero attached hydrogens (tertiary/aromatic N) is 3. The monoisotopic (exact) mass is 529 g/mol. The van der Waals surface area contributed by atoms with Crippen LogP contribution in [-0.4, -0.2) is 70.8 Å². The van der Waals surface area contributed by atoms with Crippen LogP contribution in [0.3, 0.4) is 0 Å². The number of thiophene rings is 1. The molecule has 0 saturated carbocycles. The summed E-state index contributed by atoms with van der Waals surface area (Å²) in [5, 5.41) is 10.2. The van der Waals surface area contributed by atoms with Crippen molar-refractivity contribution >= 4 is 56.3 Å². The van der Waals surface area contributed by atoms with E-state index < -0.39 is 10.0 Å². The van der Waals surface area contributed by atoms with Crippen LogP contribution in [0.1, 0.15) is 26.2 Å². The molecule has 0 aromatic carbocycles. The molecule has 27 heavy (non-hydrogen) atoms. The van der Waals surface area contributed by atoms with Gasteiger partial charge in [0.1, 0.15) is 0 Å². The minimum Gasteiger partial charge on any atom is -0.363 e. The van der Waals surface area contributed by atoms with E-state index >= 15 is 0 Å². The Hall–Kier alpha value is -0.590. The molecule has 2 heterocycles. The summed E-state index contributed by atoms with van der Waals surface area (Å²) in [7, 11) is 0.305. The Morgan fingerprint density at radius 2 is 2.11 bits per heavy atom. The van der Waals surface area contributed by atoms with Crippen molar-refractivity contribution in [3.8, 4) is 0 Å². The molecule has 0 aliphatic carbocycles. The maximum absolute atomic E-state index is 11.7. The minimum atomic E-state index is -3.10. The van der Waals surface area contributed by atoms with Crippen LogP contribution in [0.25, 0.3) is 0 Å². The van der Waals surface area contributed by atoms with Crippen LogP contribution < -0.4 is 15.5 Å². The van der Waals surface area contributed by atoms with Crippen LogP contribution >= 0.6 is 35.3 Å². The summed E-state index contributed by atoms with van der Waals surface area (Å²) in [5.41, 5.74) is 0. The Morgan fingerprint density at radius 3 is 2.67 bits per heavy atom. The molecule has 2 N–H and O–H groups in total. The second-order valence-corrected chi connectivity index (χ2v) is 9.72. The van der Waals surface area contributed by atoms with Gasteiger partial charge < -0.3 is 15.5 Å². The van der Waals surface area contributed by atoms with E-state index in [0.29, 0.717) is 19.1 Å². The van der Waals surface area contributed by atoms with E-state index in [2.05, 4.69) is 38.0 Å². The van der Waals surface area contributed by atoms with E-state index in [1.807, 2.05) is 0 Å². The molecule has 7 nitrogen and oxygen atoms in total. The first kappa shape index (κ1) is 24.4. The summed E-state index contributed by atoms with van der Waals surface area (Å²) in [6, 6.07) is 4.69. The number of hydrogen-bond donors (Lipinski definition) is 2. The zero-order valence-corrected chi connectivity index (χ0v) is 20.3. The number of halogens is 1. The van der Waals surface area contributed by atoms with Gasteiger partial charge in [-0.1, -0.05) is 0 Å². The molecule has 156 valence electrons. The van der Waals surface area contributed by atoms with Crippen LogP contribution in [0.2, 0.25) is 0 Å². The maximum Gasteiger partial charge on any atom is 0.213 e. The molecule has 0 radical (unpaired) electrons. The lowest BCUT2D eigenvalue weighted by molar-refractivity contribution is 0.453. The van der Waals surface area contributed by atoms with E-state index in [4.69, 9.17) is 0 Å². The van der Waals surface area contributed by atoms with Gasteiger partial charge in [0.25, 0.3) is 0 Å². The fourth-order valence-corrected chi connectivity index (χ4v) is 4.58. The highest BCUT2D eigenvalue weighted by Gasteiger charge is 2.20. The highest BCUT2D eigenvalue weighted by Crippen LogP contribution is 2.24. The van der Waals surface area contributed by atoms with Crippen molar-refractivity contribution in [3.05, 3.63) is 17.5 Å². The third-order valence-corrected chi connectivity index (χ3v) is 7.45. The van der Waals surface area contributed by atoms with Gasteiger partial charge >= 0.3 is 0 Å². The standard InChI is InChI=1S/C17H31N5O2S2.HI/c1-4-26(23,24)21(3)11-6-10-19-17(18-2)20-15-8-12-22(13-9-15)16-7-5-14-25-16;/h5,7,14-15H,4,6,8-13H2,1-3H3,(H2,18,19,20);1H. The summed E-state index contributed by atoms with van der Waals surface area (Å²) >= 11 is 1.79. The zero-order valence-electron chi connectivity index (χ0n) is 16.3. The molecule has 0 unspecified atom stereocenters. The Balaban J connectivity index is 0.00000364.